The van der Waals surface area contributed by atoms with Crippen LogP contribution in [0.25, 0.3) is 0 Å². The number of halogens is 2. The van der Waals surface area contributed by atoms with Crippen LogP contribution in [0.2, 0.25) is 10.0 Å². The van der Waals surface area contributed by atoms with Crippen molar-refractivity contribution in [3.8, 4) is 5.75 Å². The van der Waals surface area contributed by atoms with Crippen LogP contribution in [0.5, 0.6) is 5.75 Å². The molecule has 21 heavy (non-hydrogen) atoms. The second kappa shape index (κ2) is 6.10. The number of aryl methyl sites for hydroxylation is 2. The van der Waals surface area contributed by atoms with Crippen LogP contribution in [0.3, 0.4) is 0 Å². The second-order valence-electron chi connectivity index (χ2n) is 4.27. The van der Waals surface area contributed by atoms with E-state index in [4.69, 9.17) is 33.1 Å². The van der Waals surface area contributed by atoms with Crippen LogP contribution < -0.4 is 9.88 Å². The van der Waals surface area contributed by atoms with Crippen molar-refractivity contribution in [2.45, 2.75) is 25.3 Å². The van der Waals surface area contributed by atoms with E-state index in [1.807, 2.05) is 13.8 Å². The highest BCUT2D eigenvalue weighted by molar-refractivity contribution is 7.89. The average molecular weight is 367 g/mol. The van der Waals surface area contributed by atoms with Crippen LogP contribution in [0.1, 0.15) is 15.6 Å². The summed E-state index contributed by atoms with van der Waals surface area (Å²) in [5, 5.41) is 5.70. The Hall–Kier alpha value is -0.860. The minimum atomic E-state index is -3.92. The van der Waals surface area contributed by atoms with Crippen molar-refractivity contribution in [1.82, 2.24) is 4.98 Å². The molecule has 1 heterocycles. The summed E-state index contributed by atoms with van der Waals surface area (Å²) >= 11 is 13.4. The molecule has 0 saturated carbocycles. The molecule has 2 N–H and O–H groups in total. The second-order valence-corrected chi connectivity index (χ2v) is 7.85. The molecule has 5 nitrogen and oxygen atoms in total. The minimum absolute atomic E-state index is 0.00758. The first kappa shape index (κ1) is 16.5. The maximum Gasteiger partial charge on any atom is 0.239 e. The Labute approximate surface area is 136 Å². The molecule has 0 saturated heterocycles. The molecule has 114 valence electrons. The standard InChI is InChI=1S/C12H12Cl2N2O3S2/c1-6-7(2)20-10(16-6)5-19-8-3-4-9(21(15,17)18)12(14)11(8)13/h3-4H,5H2,1-2H3,(H2,15,17,18). The molecule has 1 aromatic heterocycles. The number of hydrogen-bond donors (Lipinski definition) is 1. The molecule has 0 amide bonds. The molecule has 2 rings (SSSR count). The summed E-state index contributed by atoms with van der Waals surface area (Å²) in [5.74, 6) is 0.277. The third kappa shape index (κ3) is 3.67. The Morgan fingerprint density at radius 1 is 1.29 bits per heavy atom. The van der Waals surface area contributed by atoms with E-state index in [2.05, 4.69) is 4.98 Å². The van der Waals surface area contributed by atoms with E-state index in [1.165, 1.54) is 23.5 Å². The van der Waals surface area contributed by atoms with Gasteiger partial charge in [0.05, 0.1) is 10.7 Å². The smallest absolute Gasteiger partial charge is 0.239 e. The molecule has 1 aromatic carbocycles. The minimum Gasteiger partial charge on any atom is -0.485 e. The first-order valence-electron chi connectivity index (χ1n) is 5.76. The monoisotopic (exact) mass is 366 g/mol. The molecule has 0 spiro atoms. The first-order valence-corrected chi connectivity index (χ1v) is 8.88. The summed E-state index contributed by atoms with van der Waals surface area (Å²) in [6, 6.07) is 2.68. The Balaban J connectivity index is 2.24. The quantitative estimate of drug-likeness (QED) is 0.899. The van der Waals surface area contributed by atoms with Gasteiger partial charge in [-0.05, 0) is 26.0 Å². The zero-order valence-electron chi connectivity index (χ0n) is 11.2. The third-order valence-electron chi connectivity index (χ3n) is 2.74. The molecule has 9 heteroatoms. The molecule has 0 bridgehead atoms. The number of ether oxygens (including phenoxy) is 1. The topological polar surface area (TPSA) is 82.3 Å². The maximum absolute atomic E-state index is 11.3. The molecular weight excluding hydrogens is 355 g/mol. The van der Waals surface area contributed by atoms with Gasteiger partial charge in [-0.1, -0.05) is 23.2 Å². The van der Waals surface area contributed by atoms with Crippen LogP contribution in [0.15, 0.2) is 17.0 Å². The number of rotatable bonds is 4. The fourth-order valence-corrected chi connectivity index (χ4v) is 3.80. The van der Waals surface area contributed by atoms with Gasteiger partial charge < -0.3 is 4.74 Å². The van der Waals surface area contributed by atoms with Gasteiger partial charge in [0.1, 0.15) is 27.3 Å². The first-order chi connectivity index (χ1) is 9.70. The summed E-state index contributed by atoms with van der Waals surface area (Å²) < 4.78 is 28.2. The zero-order valence-corrected chi connectivity index (χ0v) is 14.3. The van der Waals surface area contributed by atoms with E-state index in [1.54, 1.807) is 0 Å². The lowest BCUT2D eigenvalue weighted by Gasteiger charge is -2.10. The largest absolute Gasteiger partial charge is 0.485 e. The van der Waals surface area contributed by atoms with Crippen LogP contribution in [-0.4, -0.2) is 13.4 Å². The van der Waals surface area contributed by atoms with Crippen molar-refractivity contribution in [3.63, 3.8) is 0 Å². The molecule has 2 aromatic rings. The van der Waals surface area contributed by atoms with Crippen molar-refractivity contribution < 1.29 is 13.2 Å². The van der Waals surface area contributed by atoms with Gasteiger partial charge in [-0.3, -0.25) is 0 Å². The number of benzene rings is 1. The molecule has 0 fully saturated rings. The summed E-state index contributed by atoms with van der Waals surface area (Å²) in [5.41, 5.74) is 0.951. The summed E-state index contributed by atoms with van der Waals surface area (Å²) in [6.45, 7) is 4.12. The Morgan fingerprint density at radius 3 is 2.48 bits per heavy atom. The molecule has 0 aliphatic carbocycles. The molecule has 0 radical (unpaired) electrons. The Kier molecular flexibility index (Phi) is 4.79. The van der Waals surface area contributed by atoms with Crippen molar-refractivity contribution >= 4 is 44.6 Å². The highest BCUT2D eigenvalue weighted by Crippen LogP contribution is 2.36. The number of aromatic nitrogens is 1. The van der Waals surface area contributed by atoms with Crippen LogP contribution in [0, 0.1) is 13.8 Å². The highest BCUT2D eigenvalue weighted by atomic mass is 35.5. The lowest BCUT2D eigenvalue weighted by Crippen LogP contribution is -2.13. The van der Waals surface area contributed by atoms with E-state index >= 15 is 0 Å². The van der Waals surface area contributed by atoms with E-state index in [0.29, 0.717) is 0 Å². The summed E-state index contributed by atoms with van der Waals surface area (Å²) in [6.07, 6.45) is 0. The van der Waals surface area contributed by atoms with Gasteiger partial charge >= 0.3 is 0 Å². The number of hydrogen-bond acceptors (Lipinski definition) is 5. The number of nitrogens with two attached hydrogens (primary N) is 1. The highest BCUT2D eigenvalue weighted by Gasteiger charge is 2.18. The maximum atomic E-state index is 11.3. The van der Waals surface area contributed by atoms with E-state index in [-0.39, 0.29) is 27.3 Å². The zero-order chi connectivity index (χ0) is 15.8. The molecular formula is C12H12Cl2N2O3S2. The number of nitrogens with zero attached hydrogens (tertiary/aromatic N) is 1. The molecule has 0 atom stereocenters. The normalized spacial score (nSPS) is 11.7. The van der Waals surface area contributed by atoms with Gasteiger partial charge in [-0.25, -0.2) is 18.5 Å². The van der Waals surface area contributed by atoms with E-state index in [9.17, 15) is 8.42 Å². The fraction of sp³-hybridized carbons (Fsp3) is 0.250. The number of sulfonamides is 1. The average Bonchev–Trinajstić information content (AvgIpc) is 2.69. The van der Waals surface area contributed by atoms with Crippen LogP contribution in [-0.2, 0) is 16.6 Å². The lowest BCUT2D eigenvalue weighted by atomic mass is 10.3. The van der Waals surface area contributed by atoms with Crippen LogP contribution in [0.4, 0.5) is 0 Å². The lowest BCUT2D eigenvalue weighted by molar-refractivity contribution is 0.305. The predicted octanol–water partition coefficient (Wildman–Crippen LogP) is 3.29. The van der Waals surface area contributed by atoms with Crippen LogP contribution >= 0.6 is 34.5 Å². The molecule has 0 aliphatic rings. The SMILES string of the molecule is Cc1nc(COc2ccc(S(N)(=O)=O)c(Cl)c2Cl)sc1C. The molecule has 0 unspecified atom stereocenters. The summed E-state index contributed by atoms with van der Waals surface area (Å²) in [4.78, 5) is 5.22. The predicted molar refractivity (Wildman–Crippen MR) is 83.8 cm³/mol. The van der Waals surface area contributed by atoms with Gasteiger partial charge in [0.2, 0.25) is 10.0 Å². The van der Waals surface area contributed by atoms with E-state index in [0.717, 1.165) is 15.6 Å². The van der Waals surface area contributed by atoms with Gasteiger partial charge in [0.15, 0.2) is 0 Å². The van der Waals surface area contributed by atoms with Gasteiger partial charge in [-0.2, -0.15) is 0 Å². The van der Waals surface area contributed by atoms with Crippen molar-refractivity contribution in [2.75, 3.05) is 0 Å². The fourth-order valence-electron chi connectivity index (χ4n) is 1.59. The van der Waals surface area contributed by atoms with Gasteiger partial charge in [-0.15, -0.1) is 11.3 Å². The third-order valence-corrected chi connectivity index (χ3v) is 5.72. The van der Waals surface area contributed by atoms with Gasteiger partial charge in [0, 0.05) is 4.88 Å². The summed E-state index contributed by atoms with van der Waals surface area (Å²) in [7, 11) is -3.92. The molecule has 0 aliphatic heterocycles. The van der Waals surface area contributed by atoms with Gasteiger partial charge in [0.25, 0.3) is 0 Å². The van der Waals surface area contributed by atoms with Crippen molar-refractivity contribution in [1.29, 1.82) is 0 Å². The Morgan fingerprint density at radius 2 is 1.95 bits per heavy atom. The van der Waals surface area contributed by atoms with Crippen molar-refractivity contribution in [3.05, 3.63) is 37.8 Å². The number of primary sulfonamides is 1. The Bertz CT molecular complexity index is 769. The van der Waals surface area contributed by atoms with Crippen molar-refractivity contribution in [2.24, 2.45) is 5.14 Å². The number of thiazole rings is 1. The van der Waals surface area contributed by atoms with E-state index < -0.39 is 10.0 Å².